The number of aromatic nitrogens is 2. The van der Waals surface area contributed by atoms with E-state index >= 15 is 0 Å². The predicted molar refractivity (Wildman–Crippen MR) is 397 cm³/mol. The van der Waals surface area contributed by atoms with Gasteiger partial charge in [0.15, 0.2) is 0 Å². The summed E-state index contributed by atoms with van der Waals surface area (Å²) in [6, 6.07) is 92.7. The zero-order valence-electron chi connectivity index (χ0n) is 59.3. The lowest BCUT2D eigenvalue weighted by Gasteiger charge is -2.46. The van der Waals surface area contributed by atoms with Gasteiger partial charge in [-0.1, -0.05) is 281 Å². The Morgan fingerprint density at radius 3 is 1.42 bits per heavy atom. The zero-order valence-corrected chi connectivity index (χ0v) is 51.3. The van der Waals surface area contributed by atoms with E-state index in [4.69, 9.17) is 2.74 Å². The van der Waals surface area contributed by atoms with Crippen molar-refractivity contribution in [1.29, 1.82) is 0 Å². The van der Waals surface area contributed by atoms with Crippen LogP contribution in [0.4, 0.5) is 34.1 Å². The molecule has 2 aliphatic rings. The topological polar surface area (TPSA) is 15.8 Å². The standard InChI is InChI=1S/C88H61BN4/c1-88(2,3)59-51-83-85-84(52-59)93(86-62(57-29-9-5-10-30-57)41-25-42-63(86)58-31-11-6-12-32-58)81-53-60(90-77-46-22-18-38-68(77)69-39-19-23-47-78(69)90)49-50-74(81)89(85)75-54-73-67-37-16-14-35-65(67)64-34-13-15-36-66(64)71-43-26-44-72-70-40-20-24-48-79(70)92(87(71)72)80(73)55-82(75)91(83)76-45-21-17-33-61(76)56-27-7-4-8-28-56/h4-55H,1-3H3/i18D,19D,22D,23D,38D,39D,46D,47D. The summed E-state index contributed by atoms with van der Waals surface area (Å²) < 4.78 is 79.4. The van der Waals surface area contributed by atoms with Crippen LogP contribution in [-0.2, 0) is 5.41 Å². The van der Waals surface area contributed by atoms with Crippen LogP contribution in [0.5, 0.6) is 0 Å². The summed E-state index contributed by atoms with van der Waals surface area (Å²) in [4.78, 5) is 4.98. The number of hydrogen-bond donors (Lipinski definition) is 0. The first kappa shape index (κ1) is 45.6. The van der Waals surface area contributed by atoms with Gasteiger partial charge in [0.05, 0.1) is 49.9 Å². The van der Waals surface area contributed by atoms with Crippen LogP contribution in [-0.4, -0.2) is 15.7 Å². The minimum atomic E-state index is -0.507. The van der Waals surface area contributed by atoms with Crippen LogP contribution in [0.1, 0.15) is 37.3 Å². The number of anilines is 6. The van der Waals surface area contributed by atoms with E-state index in [1.807, 2.05) is 18.2 Å². The summed E-state index contributed by atoms with van der Waals surface area (Å²) in [6.45, 7) is 6.32. The fourth-order valence-corrected chi connectivity index (χ4v) is 15.6. The van der Waals surface area contributed by atoms with Crippen molar-refractivity contribution in [3.05, 3.63) is 321 Å². The Morgan fingerprint density at radius 1 is 0.323 bits per heavy atom. The van der Waals surface area contributed by atoms with Crippen molar-refractivity contribution in [2.45, 2.75) is 26.2 Å². The molecule has 0 unspecified atom stereocenters. The van der Waals surface area contributed by atoms with E-state index in [2.05, 4.69) is 284 Å². The second-order valence-corrected chi connectivity index (χ2v) is 25.7. The average Bonchev–Trinajstić information content (AvgIpc) is 1.46. The molecule has 19 rings (SSSR count). The molecule has 0 N–H and O–H groups in total. The van der Waals surface area contributed by atoms with E-state index in [-0.39, 0.29) is 46.0 Å². The largest absolute Gasteiger partial charge is 0.311 e. The molecule has 0 spiro atoms. The van der Waals surface area contributed by atoms with E-state index in [1.165, 1.54) is 0 Å². The third-order valence-corrected chi connectivity index (χ3v) is 19.6. The smallest absolute Gasteiger partial charge is 0.252 e. The van der Waals surface area contributed by atoms with Gasteiger partial charge in [-0.05, 0) is 120 Å². The van der Waals surface area contributed by atoms with Gasteiger partial charge in [0.2, 0.25) is 0 Å². The van der Waals surface area contributed by atoms with Crippen molar-refractivity contribution in [3.8, 4) is 39.1 Å². The van der Waals surface area contributed by atoms with E-state index in [0.717, 1.165) is 149 Å². The Kier molecular flexibility index (Phi) is 10.0. The van der Waals surface area contributed by atoms with Crippen LogP contribution in [0.15, 0.2) is 315 Å². The molecule has 5 heterocycles. The molecule has 4 nitrogen and oxygen atoms in total. The summed E-state index contributed by atoms with van der Waals surface area (Å²) in [6.07, 6.45) is 0. The molecule has 0 amide bonds. The normalized spacial score (nSPS) is 14.0. The maximum absolute atomic E-state index is 9.80. The Labute approximate surface area is 551 Å². The van der Waals surface area contributed by atoms with Crippen molar-refractivity contribution in [2.24, 2.45) is 0 Å². The first-order chi connectivity index (χ1) is 49.2. The number of hydrogen-bond acceptors (Lipinski definition) is 2. The van der Waals surface area contributed by atoms with Crippen molar-refractivity contribution in [2.75, 3.05) is 9.80 Å². The molecule has 0 bridgehead atoms. The van der Waals surface area contributed by atoms with Crippen LogP contribution >= 0.6 is 0 Å². The Bertz CT molecular complexity index is 6370. The molecule has 3 aromatic heterocycles. The molecule has 93 heavy (non-hydrogen) atoms. The summed E-state index contributed by atoms with van der Waals surface area (Å²) in [7, 11) is 0. The number of para-hydroxylation sites is 6. The van der Waals surface area contributed by atoms with Crippen molar-refractivity contribution in [1.82, 2.24) is 8.97 Å². The van der Waals surface area contributed by atoms with Crippen LogP contribution in [0.3, 0.4) is 0 Å². The predicted octanol–water partition coefficient (Wildman–Crippen LogP) is 21.7. The molecule has 0 saturated carbocycles. The molecule has 0 atom stereocenters. The number of rotatable bonds is 6. The van der Waals surface area contributed by atoms with E-state index in [9.17, 15) is 8.22 Å². The Morgan fingerprint density at radius 2 is 0.796 bits per heavy atom. The van der Waals surface area contributed by atoms with Crippen LogP contribution < -0.4 is 26.2 Å². The molecule has 0 fully saturated rings. The molecular formula is C88H61BN4. The maximum Gasteiger partial charge on any atom is 0.252 e. The quantitative estimate of drug-likeness (QED) is 0.154. The van der Waals surface area contributed by atoms with E-state index in [1.54, 1.807) is 4.57 Å². The molecule has 0 radical (unpaired) electrons. The van der Waals surface area contributed by atoms with Gasteiger partial charge in [0.25, 0.3) is 6.71 Å². The van der Waals surface area contributed by atoms with Crippen LogP contribution in [0.25, 0.3) is 121 Å². The van der Waals surface area contributed by atoms with Gasteiger partial charge in [-0.25, -0.2) is 0 Å². The maximum atomic E-state index is 9.80. The van der Waals surface area contributed by atoms with Crippen LogP contribution in [0, 0.1) is 0 Å². The summed E-state index contributed by atoms with van der Waals surface area (Å²) >= 11 is 0. The number of benzene rings is 14. The highest BCUT2D eigenvalue weighted by Gasteiger charge is 2.46. The third kappa shape index (κ3) is 7.93. The van der Waals surface area contributed by atoms with Gasteiger partial charge in [-0.15, -0.1) is 0 Å². The molecule has 14 aromatic carbocycles. The minimum Gasteiger partial charge on any atom is -0.311 e. The van der Waals surface area contributed by atoms with Gasteiger partial charge in [-0.2, -0.15) is 0 Å². The van der Waals surface area contributed by atoms with Gasteiger partial charge in [0.1, 0.15) is 0 Å². The van der Waals surface area contributed by atoms with Gasteiger partial charge in [0, 0.05) is 77.4 Å². The highest BCUT2D eigenvalue weighted by atomic mass is 15.2. The Hall–Kier alpha value is -11.7. The molecule has 0 aliphatic carbocycles. The second-order valence-electron chi connectivity index (χ2n) is 25.7. The molecule has 436 valence electrons. The fraction of sp³-hybridized carbons (Fsp3) is 0.0455. The lowest BCUT2D eigenvalue weighted by Crippen LogP contribution is -2.61. The summed E-state index contributed by atoms with van der Waals surface area (Å²) in [5, 5.41) is 8.91. The third-order valence-electron chi connectivity index (χ3n) is 19.6. The minimum absolute atomic E-state index is 0.0146. The van der Waals surface area contributed by atoms with Crippen LogP contribution in [0.2, 0.25) is 0 Å². The molecule has 17 aromatic rings. The lowest BCUT2D eigenvalue weighted by atomic mass is 9.33. The SMILES string of the molecule is [2H]c1c([2H])c([2H])c2c(c1[2H])c1c([2H])c([2H])c([2H])c([2H])c1n2-c1ccc2c(c1)N(c1c(-c3ccccc3)cccc1-c1ccccc1)c1cc(C(C)(C)C)cc3c1B2c1cc2c4ccccc4c4ccccc4c4cccc5c6ccccc6n(c2cc1N3c1ccccc1-c1ccccc1)c45. The molecule has 0 saturated heterocycles. The average molecular weight is 1190 g/mol. The van der Waals surface area contributed by atoms with E-state index < -0.39 is 36.3 Å². The molecule has 5 heteroatoms. The monoisotopic (exact) mass is 1190 g/mol. The fourth-order valence-electron chi connectivity index (χ4n) is 15.6. The van der Waals surface area contributed by atoms with Gasteiger partial charge in [-0.3, -0.25) is 0 Å². The van der Waals surface area contributed by atoms with Crippen molar-refractivity contribution in [3.63, 3.8) is 0 Å². The second kappa shape index (κ2) is 20.4. The molecular weight excluding hydrogens is 1120 g/mol. The van der Waals surface area contributed by atoms with Gasteiger partial charge < -0.3 is 18.8 Å². The number of fused-ring (bicyclic) bond motifs is 17. The van der Waals surface area contributed by atoms with Gasteiger partial charge >= 0.3 is 0 Å². The van der Waals surface area contributed by atoms with E-state index in [0.29, 0.717) is 5.69 Å². The summed E-state index contributed by atoms with van der Waals surface area (Å²) in [5.74, 6) is 0. The van der Waals surface area contributed by atoms with Crippen molar-refractivity contribution < 1.29 is 11.0 Å². The van der Waals surface area contributed by atoms with Crippen molar-refractivity contribution >= 4 is 139 Å². The molecule has 2 aliphatic heterocycles. The first-order valence-corrected chi connectivity index (χ1v) is 31.9. The highest BCUT2D eigenvalue weighted by molar-refractivity contribution is 7.00. The Balaban J connectivity index is 1.05. The zero-order chi connectivity index (χ0) is 68.6. The lowest BCUT2D eigenvalue weighted by molar-refractivity contribution is 0.590. The highest BCUT2D eigenvalue weighted by Crippen LogP contribution is 2.53. The summed E-state index contributed by atoms with van der Waals surface area (Å²) in [5.41, 5.74) is 19.0. The first-order valence-electron chi connectivity index (χ1n) is 35.9. The number of nitrogens with zero attached hydrogens (tertiary/aromatic N) is 4.